The lowest BCUT2D eigenvalue weighted by molar-refractivity contribution is 0.127. The number of hydrogen-bond acceptors (Lipinski definition) is 3. The molecule has 0 heterocycles. The van der Waals surface area contributed by atoms with Crippen molar-refractivity contribution in [2.45, 2.75) is 78.9 Å². The van der Waals surface area contributed by atoms with Crippen LogP contribution in [0.25, 0.3) is 0 Å². The number of nitrogens with one attached hydrogen (secondary N) is 1. The van der Waals surface area contributed by atoms with Crippen LogP contribution in [0.15, 0.2) is 0 Å². The molecule has 0 aliphatic carbocycles. The van der Waals surface area contributed by atoms with Crippen LogP contribution in [-0.4, -0.2) is 30.5 Å². The molecule has 98 valence electrons. The van der Waals surface area contributed by atoms with E-state index in [1.807, 2.05) is 0 Å². The highest BCUT2D eigenvalue weighted by atomic mass is 28.3. The third kappa shape index (κ3) is 5.43. The van der Waals surface area contributed by atoms with Crippen LogP contribution in [-0.2, 0) is 0 Å². The van der Waals surface area contributed by atoms with Crippen LogP contribution in [0, 0.1) is 0 Å². The second kappa shape index (κ2) is 4.76. The summed E-state index contributed by atoms with van der Waals surface area (Å²) in [5.41, 5.74) is 0.282. The largest absolute Gasteiger partial charge is 0.329 e. The zero-order valence-electron chi connectivity index (χ0n) is 12.6. The molecule has 0 saturated carbocycles. The summed E-state index contributed by atoms with van der Waals surface area (Å²) in [4.78, 5) is 3.57. The van der Waals surface area contributed by atoms with E-state index in [-0.39, 0.29) is 16.6 Å². The van der Waals surface area contributed by atoms with Crippen molar-refractivity contribution in [3.63, 3.8) is 0 Å². The second-order valence-electron chi connectivity index (χ2n) is 7.55. The summed E-state index contributed by atoms with van der Waals surface area (Å²) in [6.07, 6.45) is 0. The molecule has 1 unspecified atom stereocenters. The van der Waals surface area contributed by atoms with Gasteiger partial charge in [-0.1, -0.05) is 0 Å². The van der Waals surface area contributed by atoms with Gasteiger partial charge in [0.2, 0.25) is 0 Å². The van der Waals surface area contributed by atoms with Gasteiger partial charge in [0, 0.05) is 16.6 Å². The van der Waals surface area contributed by atoms with Gasteiger partial charge in [0.1, 0.15) is 0 Å². The highest BCUT2D eigenvalue weighted by Crippen LogP contribution is 2.24. The summed E-state index contributed by atoms with van der Waals surface area (Å²) < 4.78 is 2.45. The number of rotatable bonds is 2. The van der Waals surface area contributed by atoms with Crippen LogP contribution in [0.4, 0.5) is 0 Å². The molecule has 0 bridgehead atoms. The molecule has 3 nitrogen and oxygen atoms in total. The van der Waals surface area contributed by atoms with E-state index in [1.54, 1.807) is 0 Å². The van der Waals surface area contributed by atoms with Crippen LogP contribution in [0.1, 0.15) is 62.3 Å². The van der Waals surface area contributed by atoms with E-state index < -0.39 is 9.28 Å². The molecule has 3 N–H and O–H groups in total. The van der Waals surface area contributed by atoms with Gasteiger partial charge in [-0.25, -0.2) is 0 Å². The first kappa shape index (κ1) is 16.1. The molecule has 0 aromatic carbocycles. The summed E-state index contributed by atoms with van der Waals surface area (Å²) in [6.45, 7) is 19.9. The Bertz CT molecular complexity index is 206. The lowest BCUT2D eigenvalue weighted by Crippen LogP contribution is -2.71. The summed E-state index contributed by atoms with van der Waals surface area (Å²) >= 11 is 0. The number of nitrogens with two attached hydrogens (primary N) is 1. The van der Waals surface area contributed by atoms with Crippen molar-refractivity contribution in [3.8, 4) is 0 Å². The highest BCUT2D eigenvalue weighted by molar-refractivity contribution is 6.49. The summed E-state index contributed by atoms with van der Waals surface area (Å²) in [6, 6.07) is 0. The van der Waals surface area contributed by atoms with Crippen molar-refractivity contribution in [3.05, 3.63) is 0 Å². The fraction of sp³-hybridized carbons (Fsp3) is 1.00. The topological polar surface area (TPSA) is 41.3 Å². The smallest absolute Gasteiger partial charge is 0.265 e. The van der Waals surface area contributed by atoms with Gasteiger partial charge in [0.05, 0.1) is 0 Å². The van der Waals surface area contributed by atoms with E-state index in [0.717, 1.165) is 0 Å². The zero-order valence-corrected chi connectivity index (χ0v) is 13.8. The molecule has 0 spiro atoms. The van der Waals surface area contributed by atoms with E-state index in [4.69, 9.17) is 5.40 Å². The molecule has 16 heavy (non-hydrogen) atoms. The molecule has 0 aliphatic rings. The molecule has 0 aromatic heterocycles. The highest BCUT2D eigenvalue weighted by Gasteiger charge is 2.37. The first-order valence-corrected chi connectivity index (χ1v) is 7.84. The summed E-state index contributed by atoms with van der Waals surface area (Å²) in [5, 5.41) is 6.43. The van der Waals surface area contributed by atoms with Crippen LogP contribution < -0.4 is 10.4 Å². The average molecular weight is 245 g/mol. The first-order chi connectivity index (χ1) is 6.75. The minimum atomic E-state index is -1.61. The molecule has 0 amide bonds. The monoisotopic (exact) mass is 245 g/mol. The van der Waals surface area contributed by atoms with Gasteiger partial charge in [-0.3, -0.25) is 4.57 Å². The Kier molecular flexibility index (Phi) is 4.79. The molecule has 4 heteroatoms. The molecule has 0 saturated heterocycles. The lowest BCUT2D eigenvalue weighted by atomic mass is 10.0. The zero-order chi connectivity index (χ0) is 13.4. The van der Waals surface area contributed by atoms with Crippen LogP contribution in [0.2, 0.25) is 0 Å². The van der Waals surface area contributed by atoms with Crippen LogP contribution >= 0.6 is 0 Å². The molecule has 0 radical (unpaired) electrons. The molecular weight excluding hydrogens is 214 g/mol. The SMILES string of the molecule is CC(C)(C)N[SiH](N)N(C(C)(C)C)C(C)(C)C. The molecule has 0 fully saturated rings. The van der Waals surface area contributed by atoms with Crippen LogP contribution in [0.3, 0.4) is 0 Å². The van der Waals surface area contributed by atoms with E-state index in [9.17, 15) is 0 Å². The minimum Gasteiger partial charge on any atom is -0.329 e. The second-order valence-corrected chi connectivity index (χ2v) is 9.25. The normalized spacial score (nSPS) is 16.7. The van der Waals surface area contributed by atoms with Crippen molar-refractivity contribution >= 4 is 9.28 Å². The maximum absolute atomic E-state index is 6.43. The van der Waals surface area contributed by atoms with Gasteiger partial charge in [-0.2, -0.15) is 0 Å². The first-order valence-electron chi connectivity index (χ1n) is 6.08. The van der Waals surface area contributed by atoms with Crippen LogP contribution in [0.5, 0.6) is 0 Å². The average Bonchev–Trinajstić information content (AvgIpc) is 1.70. The number of nitrogens with zero attached hydrogens (tertiary/aromatic N) is 1. The molecule has 0 aliphatic heterocycles. The molecule has 0 rings (SSSR count). The van der Waals surface area contributed by atoms with E-state index >= 15 is 0 Å². The Morgan fingerprint density at radius 2 is 1.12 bits per heavy atom. The third-order valence-electron chi connectivity index (χ3n) is 2.30. The van der Waals surface area contributed by atoms with E-state index in [0.29, 0.717) is 0 Å². The van der Waals surface area contributed by atoms with Crippen molar-refractivity contribution in [2.75, 3.05) is 0 Å². The maximum atomic E-state index is 6.43. The van der Waals surface area contributed by atoms with Crippen molar-refractivity contribution < 1.29 is 0 Å². The Labute approximate surface area is 104 Å². The van der Waals surface area contributed by atoms with Gasteiger partial charge in [-0.15, -0.1) is 0 Å². The Hall–Kier alpha value is 0.0969. The van der Waals surface area contributed by atoms with Gasteiger partial charge in [-0.05, 0) is 62.3 Å². The lowest BCUT2D eigenvalue weighted by Gasteiger charge is -2.49. The molecular formula is C12H31N3Si. The fourth-order valence-electron chi connectivity index (χ4n) is 2.35. The van der Waals surface area contributed by atoms with E-state index in [1.165, 1.54) is 0 Å². The van der Waals surface area contributed by atoms with Gasteiger partial charge in [0.15, 0.2) is 0 Å². The van der Waals surface area contributed by atoms with Crippen molar-refractivity contribution in [1.82, 2.24) is 9.55 Å². The predicted molar refractivity (Wildman–Crippen MR) is 75.6 cm³/mol. The Morgan fingerprint density at radius 1 is 0.812 bits per heavy atom. The predicted octanol–water partition coefficient (Wildman–Crippen LogP) is 1.95. The Balaban J connectivity index is 4.94. The van der Waals surface area contributed by atoms with Gasteiger partial charge < -0.3 is 10.4 Å². The van der Waals surface area contributed by atoms with E-state index in [2.05, 4.69) is 71.9 Å². The van der Waals surface area contributed by atoms with Crippen molar-refractivity contribution in [1.29, 1.82) is 0 Å². The summed E-state index contributed by atoms with van der Waals surface area (Å²) in [7, 11) is -1.61. The third-order valence-corrected chi connectivity index (χ3v) is 5.57. The molecule has 1 atom stereocenters. The maximum Gasteiger partial charge on any atom is 0.265 e. The standard InChI is InChI=1S/C12H31N3Si/c1-10(2,3)14-16(13)15(11(4,5)6)12(7,8)9/h14,16H,13H2,1-9H3. The quantitative estimate of drug-likeness (QED) is 0.731. The van der Waals surface area contributed by atoms with Gasteiger partial charge >= 0.3 is 0 Å². The summed E-state index contributed by atoms with van der Waals surface area (Å²) in [5.74, 6) is 0. The number of hydrogen-bond donors (Lipinski definition) is 2. The minimum absolute atomic E-state index is 0.0837. The van der Waals surface area contributed by atoms with Gasteiger partial charge in [0.25, 0.3) is 9.28 Å². The molecule has 0 aromatic rings. The Morgan fingerprint density at radius 3 is 1.31 bits per heavy atom. The van der Waals surface area contributed by atoms with Crippen molar-refractivity contribution in [2.24, 2.45) is 5.40 Å². The fourth-order valence-corrected chi connectivity index (χ4v) is 5.03.